The Morgan fingerprint density at radius 2 is 1.95 bits per heavy atom. The molecule has 0 bridgehead atoms. The summed E-state index contributed by atoms with van der Waals surface area (Å²) in [6.45, 7) is 3.84. The van der Waals surface area contributed by atoms with Gasteiger partial charge >= 0.3 is 0 Å². The Bertz CT molecular complexity index is 720. The molecule has 1 aromatic carbocycles. The first kappa shape index (κ1) is 15.8. The second-order valence-corrected chi connectivity index (χ2v) is 6.03. The molecule has 1 N–H and O–H groups in total. The van der Waals surface area contributed by atoms with E-state index < -0.39 is 4.92 Å². The largest absolute Gasteiger partial charge is 0.273 e. The number of benzene rings is 1. The predicted molar refractivity (Wildman–Crippen MR) is 86.2 cm³/mol. The number of amides is 1. The maximum atomic E-state index is 11.8. The Kier molecular flexibility index (Phi) is 5.00. The van der Waals surface area contributed by atoms with Crippen molar-refractivity contribution in [2.24, 2.45) is 5.10 Å². The second-order valence-electron chi connectivity index (χ2n) is 4.74. The summed E-state index contributed by atoms with van der Waals surface area (Å²) in [7, 11) is 0. The van der Waals surface area contributed by atoms with Crippen LogP contribution >= 0.6 is 11.3 Å². The quantitative estimate of drug-likeness (QED) is 0.522. The third-order valence-electron chi connectivity index (χ3n) is 2.96. The molecule has 0 radical (unpaired) electrons. The molecule has 1 aromatic heterocycles. The SMILES string of the molecule is CC(=NNC(=O)Cc1ccc([N+](=O)[O-])cc1)c1ccc(C)s1. The van der Waals surface area contributed by atoms with Crippen LogP contribution in [-0.4, -0.2) is 16.5 Å². The Morgan fingerprint density at radius 3 is 2.50 bits per heavy atom. The molecule has 2 rings (SSSR count). The van der Waals surface area contributed by atoms with E-state index in [1.54, 1.807) is 23.5 Å². The van der Waals surface area contributed by atoms with Gasteiger partial charge in [-0.3, -0.25) is 14.9 Å². The number of nitro groups is 1. The first-order chi connectivity index (χ1) is 10.5. The van der Waals surface area contributed by atoms with Gasteiger partial charge in [0, 0.05) is 17.0 Å². The van der Waals surface area contributed by atoms with E-state index in [9.17, 15) is 14.9 Å². The van der Waals surface area contributed by atoms with E-state index in [4.69, 9.17) is 0 Å². The summed E-state index contributed by atoms with van der Waals surface area (Å²) in [4.78, 5) is 24.1. The van der Waals surface area contributed by atoms with Crippen molar-refractivity contribution < 1.29 is 9.72 Å². The topological polar surface area (TPSA) is 84.6 Å². The van der Waals surface area contributed by atoms with Crippen molar-refractivity contribution in [2.45, 2.75) is 20.3 Å². The lowest BCUT2D eigenvalue weighted by atomic mass is 10.1. The standard InChI is InChI=1S/C15H15N3O3S/c1-10-3-8-14(22-10)11(2)16-17-15(19)9-12-4-6-13(7-5-12)18(20)21/h3-8H,9H2,1-2H3,(H,17,19). The molecule has 2 aromatic rings. The molecule has 0 unspecified atom stereocenters. The van der Waals surface area contributed by atoms with Crippen LogP contribution in [0.3, 0.4) is 0 Å². The molecule has 0 saturated carbocycles. The maximum absolute atomic E-state index is 11.8. The summed E-state index contributed by atoms with van der Waals surface area (Å²) in [5.74, 6) is -0.263. The lowest BCUT2D eigenvalue weighted by Crippen LogP contribution is -2.21. The van der Waals surface area contributed by atoms with Gasteiger partial charge in [-0.25, -0.2) is 5.43 Å². The lowest BCUT2D eigenvalue weighted by Gasteiger charge is -2.02. The highest BCUT2D eigenvalue weighted by atomic mass is 32.1. The van der Waals surface area contributed by atoms with Gasteiger partial charge in [-0.2, -0.15) is 5.10 Å². The Labute approximate surface area is 131 Å². The zero-order valence-corrected chi connectivity index (χ0v) is 13.0. The predicted octanol–water partition coefficient (Wildman–Crippen LogP) is 3.05. The van der Waals surface area contributed by atoms with Crippen molar-refractivity contribution >= 4 is 28.6 Å². The fourth-order valence-electron chi connectivity index (χ4n) is 1.79. The van der Waals surface area contributed by atoms with Crippen LogP contribution in [0.4, 0.5) is 5.69 Å². The van der Waals surface area contributed by atoms with E-state index in [0.29, 0.717) is 5.56 Å². The average Bonchev–Trinajstić information content (AvgIpc) is 2.92. The molecule has 114 valence electrons. The number of nitro benzene ring substituents is 1. The molecule has 0 atom stereocenters. The molecule has 0 aliphatic heterocycles. The summed E-state index contributed by atoms with van der Waals surface area (Å²) in [5.41, 5.74) is 3.95. The number of carbonyl (C=O) groups is 1. The molecule has 0 spiro atoms. The smallest absolute Gasteiger partial charge is 0.269 e. The van der Waals surface area contributed by atoms with E-state index in [2.05, 4.69) is 10.5 Å². The van der Waals surface area contributed by atoms with E-state index in [1.165, 1.54) is 17.0 Å². The third-order valence-corrected chi connectivity index (χ3v) is 4.07. The van der Waals surface area contributed by atoms with Gasteiger partial charge in [0.1, 0.15) is 0 Å². The zero-order chi connectivity index (χ0) is 16.1. The fraction of sp³-hybridized carbons (Fsp3) is 0.200. The second kappa shape index (κ2) is 6.95. The minimum absolute atomic E-state index is 0.00564. The minimum atomic E-state index is -0.472. The zero-order valence-electron chi connectivity index (χ0n) is 12.2. The number of rotatable bonds is 5. The highest BCUT2D eigenvalue weighted by Crippen LogP contribution is 2.15. The van der Waals surface area contributed by atoms with E-state index >= 15 is 0 Å². The van der Waals surface area contributed by atoms with Crippen LogP contribution in [0.15, 0.2) is 41.5 Å². The number of hydrogen-bond acceptors (Lipinski definition) is 5. The number of thiophene rings is 1. The van der Waals surface area contributed by atoms with Crippen molar-refractivity contribution in [1.29, 1.82) is 0 Å². The van der Waals surface area contributed by atoms with Gasteiger partial charge in [-0.1, -0.05) is 12.1 Å². The Balaban J connectivity index is 1.94. The van der Waals surface area contributed by atoms with Crippen molar-refractivity contribution in [2.75, 3.05) is 0 Å². The van der Waals surface area contributed by atoms with Gasteiger partial charge in [-0.05, 0) is 31.5 Å². The highest BCUT2D eigenvalue weighted by Gasteiger charge is 2.07. The number of aryl methyl sites for hydroxylation is 1. The minimum Gasteiger partial charge on any atom is -0.273 e. The fourth-order valence-corrected chi connectivity index (χ4v) is 2.60. The molecule has 22 heavy (non-hydrogen) atoms. The summed E-state index contributed by atoms with van der Waals surface area (Å²) >= 11 is 1.61. The van der Waals surface area contributed by atoms with Crippen molar-refractivity contribution in [3.8, 4) is 0 Å². The number of non-ortho nitro benzene ring substituents is 1. The van der Waals surface area contributed by atoms with Gasteiger partial charge in [0.2, 0.25) is 5.91 Å². The first-order valence-electron chi connectivity index (χ1n) is 6.59. The summed E-state index contributed by atoms with van der Waals surface area (Å²) in [5, 5.41) is 14.6. The third kappa shape index (κ3) is 4.23. The van der Waals surface area contributed by atoms with Crippen LogP contribution < -0.4 is 5.43 Å². The first-order valence-corrected chi connectivity index (χ1v) is 7.40. The van der Waals surface area contributed by atoms with Crippen molar-refractivity contribution in [3.05, 3.63) is 61.8 Å². The Hall–Kier alpha value is -2.54. The monoisotopic (exact) mass is 317 g/mol. The molecule has 1 heterocycles. The van der Waals surface area contributed by atoms with Gasteiger partial charge in [0.25, 0.3) is 5.69 Å². The summed E-state index contributed by atoms with van der Waals surface area (Å²) in [6.07, 6.45) is 0.123. The molecule has 0 aliphatic rings. The molecular weight excluding hydrogens is 302 g/mol. The molecule has 7 heteroatoms. The average molecular weight is 317 g/mol. The van der Waals surface area contributed by atoms with E-state index in [0.717, 1.165) is 10.6 Å². The van der Waals surface area contributed by atoms with Crippen molar-refractivity contribution in [1.82, 2.24) is 5.43 Å². The van der Waals surface area contributed by atoms with Gasteiger partial charge in [0.05, 0.1) is 21.9 Å². The van der Waals surface area contributed by atoms with Gasteiger partial charge in [0.15, 0.2) is 0 Å². The molecule has 0 saturated heterocycles. The normalized spacial score (nSPS) is 11.3. The lowest BCUT2D eigenvalue weighted by molar-refractivity contribution is -0.384. The van der Waals surface area contributed by atoms with Crippen LogP contribution in [0.25, 0.3) is 0 Å². The van der Waals surface area contributed by atoms with Crippen LogP contribution in [0, 0.1) is 17.0 Å². The van der Waals surface area contributed by atoms with Gasteiger partial charge < -0.3 is 0 Å². The number of carbonyl (C=O) groups excluding carboxylic acids is 1. The molecule has 0 fully saturated rings. The van der Waals surface area contributed by atoms with Crippen LogP contribution in [0.2, 0.25) is 0 Å². The van der Waals surface area contributed by atoms with E-state index in [1.807, 2.05) is 26.0 Å². The molecular formula is C15H15N3O3S. The van der Waals surface area contributed by atoms with Crippen LogP contribution in [-0.2, 0) is 11.2 Å². The Morgan fingerprint density at radius 1 is 1.27 bits per heavy atom. The number of hydrazone groups is 1. The number of hydrogen-bond donors (Lipinski definition) is 1. The molecule has 1 amide bonds. The maximum Gasteiger partial charge on any atom is 0.269 e. The van der Waals surface area contributed by atoms with E-state index in [-0.39, 0.29) is 18.0 Å². The van der Waals surface area contributed by atoms with Gasteiger partial charge in [-0.15, -0.1) is 11.3 Å². The molecule has 0 aliphatic carbocycles. The number of nitrogens with one attached hydrogen (secondary N) is 1. The molecule has 6 nitrogen and oxygen atoms in total. The summed E-state index contributed by atoms with van der Waals surface area (Å²) in [6, 6.07) is 9.85. The highest BCUT2D eigenvalue weighted by molar-refractivity contribution is 7.14. The van der Waals surface area contributed by atoms with Crippen LogP contribution in [0.5, 0.6) is 0 Å². The summed E-state index contributed by atoms with van der Waals surface area (Å²) < 4.78 is 0. The van der Waals surface area contributed by atoms with Crippen LogP contribution in [0.1, 0.15) is 22.2 Å². The van der Waals surface area contributed by atoms with Crippen molar-refractivity contribution in [3.63, 3.8) is 0 Å². The number of nitrogens with zero attached hydrogens (tertiary/aromatic N) is 2.